The Hall–Kier alpha value is -2.11. The van der Waals surface area contributed by atoms with Gasteiger partial charge < -0.3 is 15.7 Å². The number of rotatable bonds is 4. The van der Waals surface area contributed by atoms with Crippen LogP contribution >= 0.6 is 0 Å². The molecule has 1 rings (SSSR count). The Morgan fingerprint density at radius 2 is 2.00 bits per heavy atom. The van der Waals surface area contributed by atoms with Crippen molar-refractivity contribution in [1.29, 1.82) is 0 Å². The lowest BCUT2D eigenvalue weighted by Gasteiger charge is -2.21. The Morgan fingerprint density at radius 1 is 1.37 bits per heavy atom. The topological polar surface area (TPSA) is 78.4 Å². The van der Waals surface area contributed by atoms with Crippen LogP contribution in [0.2, 0.25) is 0 Å². The summed E-state index contributed by atoms with van der Waals surface area (Å²) in [5.74, 6) is -1.46. The summed E-state index contributed by atoms with van der Waals surface area (Å²) in [5.41, 5.74) is 0.143. The van der Waals surface area contributed by atoms with E-state index in [1.54, 1.807) is 13.0 Å². The second kappa shape index (κ2) is 5.69. The Labute approximate surface area is 110 Å². The zero-order valence-electron chi connectivity index (χ0n) is 11.1. The molecule has 0 aliphatic carbocycles. The summed E-state index contributed by atoms with van der Waals surface area (Å²) in [5, 5.41) is 13.7. The second-order valence-corrected chi connectivity index (χ2v) is 4.81. The predicted octanol–water partition coefficient (Wildman–Crippen LogP) is 1.80. The lowest BCUT2D eigenvalue weighted by atomic mass is 10.1. The van der Waals surface area contributed by atoms with Gasteiger partial charge in [-0.15, -0.1) is 0 Å². The van der Waals surface area contributed by atoms with Gasteiger partial charge in [0.05, 0.1) is 0 Å². The maximum atomic E-state index is 12.9. The van der Waals surface area contributed by atoms with Gasteiger partial charge in [0.15, 0.2) is 0 Å². The van der Waals surface area contributed by atoms with Crippen molar-refractivity contribution in [2.75, 3.05) is 0 Å². The summed E-state index contributed by atoms with van der Waals surface area (Å²) in [4.78, 5) is 22.4. The average Bonchev–Trinajstić information content (AvgIpc) is 2.27. The zero-order valence-corrected chi connectivity index (χ0v) is 11.1. The molecule has 5 nitrogen and oxygen atoms in total. The number of aryl methyl sites for hydroxylation is 1. The molecule has 1 aromatic carbocycles. The highest BCUT2D eigenvalue weighted by molar-refractivity contribution is 5.85. The van der Waals surface area contributed by atoms with Gasteiger partial charge in [0.1, 0.15) is 11.4 Å². The number of aliphatic carboxylic acids is 1. The number of hydrogen-bond donors (Lipinski definition) is 3. The molecule has 0 aliphatic rings. The fraction of sp³-hybridized carbons (Fsp3) is 0.385. The number of carbonyl (C=O) groups excluding carboxylic acids is 1. The molecule has 0 fully saturated rings. The van der Waals surface area contributed by atoms with E-state index in [2.05, 4.69) is 10.6 Å². The van der Waals surface area contributed by atoms with Crippen molar-refractivity contribution in [2.45, 2.75) is 32.9 Å². The van der Waals surface area contributed by atoms with Crippen LogP contribution < -0.4 is 10.6 Å². The SMILES string of the molecule is Cc1cc(F)ccc1CNC(=O)NC(C)(C)C(=O)O. The number of amides is 2. The molecule has 0 aromatic heterocycles. The zero-order chi connectivity index (χ0) is 14.6. The van der Waals surface area contributed by atoms with Crippen molar-refractivity contribution < 1.29 is 19.1 Å². The Balaban J connectivity index is 2.57. The van der Waals surface area contributed by atoms with Gasteiger partial charge in [-0.25, -0.2) is 14.0 Å². The largest absolute Gasteiger partial charge is 0.480 e. The molecule has 0 unspecified atom stereocenters. The van der Waals surface area contributed by atoms with Gasteiger partial charge >= 0.3 is 12.0 Å². The van der Waals surface area contributed by atoms with Crippen molar-refractivity contribution in [2.24, 2.45) is 0 Å². The first-order valence-electron chi connectivity index (χ1n) is 5.77. The van der Waals surface area contributed by atoms with Gasteiger partial charge in [-0.2, -0.15) is 0 Å². The van der Waals surface area contributed by atoms with Crippen molar-refractivity contribution in [1.82, 2.24) is 10.6 Å². The fourth-order valence-corrected chi connectivity index (χ4v) is 1.41. The highest BCUT2D eigenvalue weighted by Gasteiger charge is 2.28. The number of hydrogen-bond acceptors (Lipinski definition) is 2. The van der Waals surface area contributed by atoms with Gasteiger partial charge in [-0.1, -0.05) is 6.07 Å². The van der Waals surface area contributed by atoms with Crippen LogP contribution in [0.1, 0.15) is 25.0 Å². The number of nitrogens with one attached hydrogen (secondary N) is 2. The third kappa shape index (κ3) is 4.24. The lowest BCUT2D eigenvalue weighted by Crippen LogP contribution is -2.53. The standard InChI is InChI=1S/C13H17FN2O3/c1-8-6-10(14)5-4-9(8)7-15-12(19)16-13(2,3)11(17)18/h4-6H,7H2,1-3H3,(H,17,18)(H2,15,16,19). The van der Waals surface area contributed by atoms with E-state index in [-0.39, 0.29) is 12.4 Å². The Kier molecular flexibility index (Phi) is 4.47. The van der Waals surface area contributed by atoms with Crippen LogP contribution in [-0.2, 0) is 11.3 Å². The molecule has 2 amide bonds. The predicted molar refractivity (Wildman–Crippen MR) is 68.2 cm³/mol. The number of carboxylic acid groups (broad SMARTS) is 1. The summed E-state index contributed by atoms with van der Waals surface area (Å²) in [6.07, 6.45) is 0. The summed E-state index contributed by atoms with van der Waals surface area (Å²) in [6.45, 7) is 4.71. The van der Waals surface area contributed by atoms with Crippen LogP contribution in [0.15, 0.2) is 18.2 Å². The third-order valence-electron chi connectivity index (χ3n) is 2.70. The van der Waals surface area contributed by atoms with E-state index in [1.165, 1.54) is 26.0 Å². The van der Waals surface area contributed by atoms with E-state index in [9.17, 15) is 14.0 Å². The molecule has 19 heavy (non-hydrogen) atoms. The highest BCUT2D eigenvalue weighted by atomic mass is 19.1. The van der Waals surface area contributed by atoms with Crippen molar-refractivity contribution in [3.05, 3.63) is 35.1 Å². The summed E-state index contributed by atoms with van der Waals surface area (Å²) in [7, 11) is 0. The average molecular weight is 268 g/mol. The molecule has 0 saturated carbocycles. The van der Waals surface area contributed by atoms with Gasteiger partial charge in [0, 0.05) is 6.54 Å². The van der Waals surface area contributed by atoms with E-state index < -0.39 is 17.5 Å². The van der Waals surface area contributed by atoms with E-state index in [0.717, 1.165) is 11.1 Å². The van der Waals surface area contributed by atoms with Gasteiger partial charge in [0.25, 0.3) is 0 Å². The summed E-state index contributed by atoms with van der Waals surface area (Å²) < 4.78 is 12.9. The van der Waals surface area contributed by atoms with Gasteiger partial charge in [-0.05, 0) is 44.0 Å². The van der Waals surface area contributed by atoms with E-state index in [4.69, 9.17) is 5.11 Å². The molecular formula is C13H17FN2O3. The number of halogens is 1. The molecule has 104 valence electrons. The Morgan fingerprint density at radius 3 is 2.53 bits per heavy atom. The molecule has 1 aromatic rings. The quantitative estimate of drug-likeness (QED) is 0.779. The van der Waals surface area contributed by atoms with Crippen LogP contribution in [0.5, 0.6) is 0 Å². The first kappa shape index (κ1) is 14.9. The molecule has 0 aliphatic heterocycles. The monoisotopic (exact) mass is 268 g/mol. The fourth-order valence-electron chi connectivity index (χ4n) is 1.41. The molecule has 6 heteroatoms. The maximum absolute atomic E-state index is 12.9. The van der Waals surface area contributed by atoms with E-state index in [1.807, 2.05) is 0 Å². The van der Waals surface area contributed by atoms with E-state index >= 15 is 0 Å². The van der Waals surface area contributed by atoms with Crippen LogP contribution in [0.25, 0.3) is 0 Å². The van der Waals surface area contributed by atoms with Crippen molar-refractivity contribution in [3.63, 3.8) is 0 Å². The molecule has 3 N–H and O–H groups in total. The van der Waals surface area contributed by atoms with Gasteiger partial charge in [-0.3, -0.25) is 0 Å². The molecule has 0 bridgehead atoms. The van der Waals surface area contributed by atoms with Crippen LogP contribution in [0, 0.1) is 12.7 Å². The third-order valence-corrected chi connectivity index (χ3v) is 2.70. The second-order valence-electron chi connectivity index (χ2n) is 4.81. The highest BCUT2D eigenvalue weighted by Crippen LogP contribution is 2.09. The number of benzene rings is 1. The summed E-state index contributed by atoms with van der Waals surface area (Å²) >= 11 is 0. The first-order valence-corrected chi connectivity index (χ1v) is 5.77. The van der Waals surface area contributed by atoms with Crippen molar-refractivity contribution in [3.8, 4) is 0 Å². The molecule has 0 heterocycles. The molecule has 0 atom stereocenters. The van der Waals surface area contributed by atoms with Crippen LogP contribution in [0.3, 0.4) is 0 Å². The first-order chi connectivity index (χ1) is 8.72. The smallest absolute Gasteiger partial charge is 0.328 e. The van der Waals surface area contributed by atoms with Crippen LogP contribution in [0.4, 0.5) is 9.18 Å². The molecule has 0 radical (unpaired) electrons. The van der Waals surface area contributed by atoms with Crippen LogP contribution in [-0.4, -0.2) is 22.6 Å². The minimum absolute atomic E-state index is 0.202. The molecular weight excluding hydrogens is 251 g/mol. The Bertz CT molecular complexity index is 501. The number of carbonyl (C=O) groups is 2. The van der Waals surface area contributed by atoms with Gasteiger partial charge in [0.2, 0.25) is 0 Å². The minimum atomic E-state index is -1.35. The molecule has 0 saturated heterocycles. The minimum Gasteiger partial charge on any atom is -0.480 e. The summed E-state index contributed by atoms with van der Waals surface area (Å²) in [6, 6.07) is 3.67. The molecule has 0 spiro atoms. The van der Waals surface area contributed by atoms with E-state index in [0.29, 0.717) is 0 Å². The normalized spacial score (nSPS) is 10.9. The maximum Gasteiger partial charge on any atom is 0.328 e. The lowest BCUT2D eigenvalue weighted by molar-refractivity contribution is -0.142. The van der Waals surface area contributed by atoms with Crippen molar-refractivity contribution >= 4 is 12.0 Å². The number of carboxylic acids is 1. The number of urea groups is 1.